The van der Waals surface area contributed by atoms with E-state index in [1.54, 1.807) is 6.33 Å². The van der Waals surface area contributed by atoms with E-state index in [0.717, 1.165) is 33.8 Å². The van der Waals surface area contributed by atoms with E-state index in [1.807, 2.05) is 55.7 Å². The highest BCUT2D eigenvalue weighted by molar-refractivity contribution is 6.83. The van der Waals surface area contributed by atoms with Crippen LogP contribution in [0.5, 0.6) is 0 Å². The number of aromatic nitrogens is 2. The predicted molar refractivity (Wildman–Crippen MR) is 135 cm³/mol. The van der Waals surface area contributed by atoms with Gasteiger partial charge in [0.15, 0.2) is 5.69 Å². The summed E-state index contributed by atoms with van der Waals surface area (Å²) in [4.78, 5) is 22.2. The van der Waals surface area contributed by atoms with Crippen molar-refractivity contribution in [2.24, 2.45) is 4.99 Å². The molecule has 0 bridgehead atoms. The molecule has 1 aliphatic rings. The lowest BCUT2D eigenvalue weighted by Gasteiger charge is -2.19. The fourth-order valence-electron chi connectivity index (χ4n) is 3.58. The molecule has 0 saturated heterocycles. The quantitative estimate of drug-likeness (QED) is 0.295. The molecule has 0 saturated carbocycles. The Balaban J connectivity index is 1.88. The van der Waals surface area contributed by atoms with Crippen molar-refractivity contribution < 1.29 is 9.53 Å². The van der Waals surface area contributed by atoms with Crippen molar-refractivity contribution in [3.63, 3.8) is 0 Å². The summed E-state index contributed by atoms with van der Waals surface area (Å²) in [6.07, 6.45) is 1.68. The maximum atomic E-state index is 12.8. The van der Waals surface area contributed by atoms with E-state index in [4.69, 9.17) is 9.73 Å². The highest BCUT2D eigenvalue weighted by Gasteiger charge is 2.27. The van der Waals surface area contributed by atoms with Crippen LogP contribution < -0.4 is 0 Å². The fourth-order valence-corrected chi connectivity index (χ4v) is 4.10. The lowest BCUT2D eigenvalue weighted by Crippen LogP contribution is -2.24. The van der Waals surface area contributed by atoms with Crippen molar-refractivity contribution in [3.05, 3.63) is 82.9 Å². The van der Waals surface area contributed by atoms with Crippen LogP contribution in [0.2, 0.25) is 19.6 Å². The fraction of sp³-hybridized carbons (Fsp3) is 0.296. The number of nitrogens with zero attached hydrogens (tertiary/aromatic N) is 3. The molecule has 33 heavy (non-hydrogen) atoms. The van der Waals surface area contributed by atoms with Crippen LogP contribution in [0, 0.1) is 11.5 Å². The number of aliphatic imine (C=N–C) groups is 1. The van der Waals surface area contributed by atoms with E-state index in [1.165, 1.54) is 0 Å². The standard InChI is InChI=1S/C27H29N3O2Si/c1-27(2,3)32-26(31)25-23-17-28-24(20-10-8-7-9-11-20)21-16-19(14-15-33(4,5)6)12-13-22(21)30(23)18-29-25/h7-13,16,18H,17H2,1-6H3. The molecule has 2 aromatic carbocycles. The third-order valence-electron chi connectivity index (χ3n) is 4.99. The zero-order valence-corrected chi connectivity index (χ0v) is 21.1. The number of hydrogen-bond acceptors (Lipinski definition) is 4. The van der Waals surface area contributed by atoms with Crippen LogP contribution in [0.4, 0.5) is 0 Å². The molecule has 1 aromatic heterocycles. The zero-order chi connectivity index (χ0) is 23.8. The Morgan fingerprint density at radius 2 is 1.82 bits per heavy atom. The largest absolute Gasteiger partial charge is 0.455 e. The minimum Gasteiger partial charge on any atom is -0.455 e. The normalized spacial score (nSPS) is 13.1. The SMILES string of the molecule is CC(C)(C)OC(=O)c1ncn2c1CN=C(c1ccccc1)c1cc(C#C[Si](C)(C)C)ccc1-2. The van der Waals surface area contributed by atoms with E-state index in [-0.39, 0.29) is 0 Å². The van der Waals surface area contributed by atoms with E-state index in [9.17, 15) is 4.79 Å². The van der Waals surface area contributed by atoms with Crippen LogP contribution in [-0.4, -0.2) is 34.9 Å². The van der Waals surface area contributed by atoms with Gasteiger partial charge in [0.1, 0.15) is 20.0 Å². The van der Waals surface area contributed by atoms with Gasteiger partial charge < -0.3 is 4.74 Å². The summed E-state index contributed by atoms with van der Waals surface area (Å²) in [5.41, 5.74) is 8.61. The molecular weight excluding hydrogens is 426 g/mol. The molecule has 2 heterocycles. The number of imidazole rings is 1. The number of fused-ring (bicyclic) bond motifs is 3. The van der Waals surface area contributed by atoms with Crippen LogP contribution in [0.15, 0.2) is 59.9 Å². The van der Waals surface area contributed by atoms with Gasteiger partial charge in [-0.25, -0.2) is 9.78 Å². The van der Waals surface area contributed by atoms with Crippen molar-refractivity contribution in [1.29, 1.82) is 0 Å². The molecule has 6 heteroatoms. The first-order valence-electron chi connectivity index (χ1n) is 11.1. The van der Waals surface area contributed by atoms with Gasteiger partial charge in [0, 0.05) is 16.7 Å². The average Bonchev–Trinajstić information content (AvgIpc) is 3.09. The predicted octanol–water partition coefficient (Wildman–Crippen LogP) is 5.41. The Morgan fingerprint density at radius 1 is 1.09 bits per heavy atom. The molecule has 0 amide bonds. The van der Waals surface area contributed by atoms with Crippen molar-refractivity contribution in [3.8, 4) is 17.2 Å². The van der Waals surface area contributed by atoms with Gasteiger partial charge in [0.05, 0.1) is 23.6 Å². The van der Waals surface area contributed by atoms with Crippen molar-refractivity contribution in [2.75, 3.05) is 0 Å². The summed E-state index contributed by atoms with van der Waals surface area (Å²) in [5, 5.41) is 0. The van der Waals surface area contributed by atoms with Crippen LogP contribution in [0.1, 0.15) is 53.6 Å². The van der Waals surface area contributed by atoms with Crippen LogP contribution >= 0.6 is 0 Å². The molecule has 0 atom stereocenters. The summed E-state index contributed by atoms with van der Waals surface area (Å²) < 4.78 is 7.54. The Bertz CT molecular complexity index is 1300. The van der Waals surface area contributed by atoms with Gasteiger partial charge in [-0.3, -0.25) is 9.56 Å². The lowest BCUT2D eigenvalue weighted by molar-refractivity contribution is 0.00621. The van der Waals surface area contributed by atoms with Gasteiger partial charge in [0.25, 0.3) is 0 Å². The number of ether oxygens (including phenoxy) is 1. The number of hydrogen-bond donors (Lipinski definition) is 0. The third kappa shape index (κ3) is 5.15. The monoisotopic (exact) mass is 455 g/mol. The van der Waals surface area contributed by atoms with E-state index in [0.29, 0.717) is 12.2 Å². The first-order valence-corrected chi connectivity index (χ1v) is 14.6. The summed E-state index contributed by atoms with van der Waals surface area (Å²) >= 11 is 0. The molecule has 3 aromatic rings. The van der Waals surface area contributed by atoms with Crippen molar-refractivity contribution >= 4 is 19.8 Å². The molecule has 5 nitrogen and oxygen atoms in total. The first-order chi connectivity index (χ1) is 15.5. The van der Waals surface area contributed by atoms with Gasteiger partial charge in [-0.1, -0.05) is 55.9 Å². The molecule has 0 aliphatic carbocycles. The summed E-state index contributed by atoms with van der Waals surface area (Å²) in [7, 11) is -1.51. The second kappa shape index (κ2) is 8.49. The highest BCUT2D eigenvalue weighted by atomic mass is 28.3. The minimum absolute atomic E-state index is 0.302. The number of benzene rings is 2. The summed E-state index contributed by atoms with van der Waals surface area (Å²) in [5.74, 6) is 2.92. The van der Waals surface area contributed by atoms with E-state index < -0.39 is 19.6 Å². The maximum Gasteiger partial charge on any atom is 0.359 e. The molecule has 168 valence electrons. The van der Waals surface area contributed by atoms with Crippen LogP contribution in [-0.2, 0) is 11.3 Å². The second-order valence-electron chi connectivity index (χ2n) is 10.2. The summed E-state index contributed by atoms with van der Waals surface area (Å²) in [6.45, 7) is 12.6. The molecular formula is C27H29N3O2Si. The molecule has 0 unspecified atom stereocenters. The number of carbonyl (C=O) groups excluding carboxylic acids is 1. The topological polar surface area (TPSA) is 56.5 Å². The molecule has 0 radical (unpaired) electrons. The lowest BCUT2D eigenvalue weighted by atomic mass is 9.98. The Labute approximate surface area is 196 Å². The number of carbonyl (C=O) groups is 1. The minimum atomic E-state index is -1.51. The van der Waals surface area contributed by atoms with Crippen LogP contribution in [0.25, 0.3) is 5.69 Å². The Morgan fingerprint density at radius 3 is 2.48 bits per heavy atom. The molecule has 0 N–H and O–H groups in total. The van der Waals surface area contributed by atoms with Crippen molar-refractivity contribution in [2.45, 2.75) is 52.6 Å². The van der Waals surface area contributed by atoms with E-state index >= 15 is 0 Å². The number of esters is 1. The van der Waals surface area contributed by atoms with Gasteiger partial charge in [-0.2, -0.15) is 0 Å². The average molecular weight is 456 g/mol. The Hall–Kier alpha value is -3.43. The first kappa shape index (κ1) is 22.7. The van der Waals surface area contributed by atoms with Gasteiger partial charge in [-0.15, -0.1) is 5.54 Å². The van der Waals surface area contributed by atoms with Gasteiger partial charge in [-0.05, 0) is 39.0 Å². The Kier molecular flexibility index (Phi) is 5.85. The molecule has 4 rings (SSSR count). The highest BCUT2D eigenvalue weighted by Crippen LogP contribution is 2.28. The maximum absolute atomic E-state index is 12.8. The van der Waals surface area contributed by atoms with Gasteiger partial charge in [0.2, 0.25) is 0 Å². The molecule has 0 spiro atoms. The molecule has 0 fully saturated rings. The number of rotatable bonds is 2. The van der Waals surface area contributed by atoms with Crippen molar-refractivity contribution in [1.82, 2.24) is 9.55 Å². The molecule has 1 aliphatic heterocycles. The third-order valence-corrected chi connectivity index (χ3v) is 5.86. The van der Waals surface area contributed by atoms with Crippen LogP contribution in [0.3, 0.4) is 0 Å². The van der Waals surface area contributed by atoms with Gasteiger partial charge >= 0.3 is 5.97 Å². The second-order valence-corrected chi connectivity index (χ2v) is 14.9. The van der Waals surface area contributed by atoms with E-state index in [2.05, 4.69) is 54.3 Å². The smallest absolute Gasteiger partial charge is 0.359 e. The zero-order valence-electron chi connectivity index (χ0n) is 20.1. The summed E-state index contributed by atoms with van der Waals surface area (Å²) in [6, 6.07) is 16.3.